The van der Waals surface area contributed by atoms with E-state index in [1.165, 1.54) is 12.1 Å². The molecule has 1 unspecified atom stereocenters. The summed E-state index contributed by atoms with van der Waals surface area (Å²) in [6, 6.07) is 4.48. The summed E-state index contributed by atoms with van der Waals surface area (Å²) < 4.78 is 25.2. The molecule has 1 aromatic carbocycles. The van der Waals surface area contributed by atoms with E-state index in [2.05, 4.69) is 15.9 Å². The third kappa shape index (κ3) is 3.34. The van der Waals surface area contributed by atoms with Crippen LogP contribution in [0.15, 0.2) is 22.7 Å². The molecule has 106 valence electrons. The lowest BCUT2D eigenvalue weighted by Crippen LogP contribution is -2.54. The van der Waals surface area contributed by atoms with E-state index in [0.717, 1.165) is 22.9 Å². The molecule has 0 saturated carbocycles. The van der Waals surface area contributed by atoms with Crippen molar-refractivity contribution in [3.05, 3.63) is 34.1 Å². The average molecular weight is 332 g/mol. The third-order valence-corrected chi connectivity index (χ3v) is 4.64. The summed E-state index contributed by atoms with van der Waals surface area (Å²) in [5, 5.41) is 0. The third-order valence-electron chi connectivity index (χ3n) is 3.87. The molecule has 0 aromatic heterocycles. The molecular formula is C14H19BrFNO2. The lowest BCUT2D eigenvalue weighted by atomic mass is 9.83. The van der Waals surface area contributed by atoms with Gasteiger partial charge in [0.1, 0.15) is 5.82 Å². The lowest BCUT2D eigenvalue weighted by molar-refractivity contribution is -0.103. The summed E-state index contributed by atoms with van der Waals surface area (Å²) in [7, 11) is 1.69. The number of ether oxygens (including phenoxy) is 2. The Morgan fingerprint density at radius 3 is 2.79 bits per heavy atom. The number of hydrogen-bond donors (Lipinski definition) is 1. The Bertz CT molecular complexity index is 435. The van der Waals surface area contributed by atoms with Crippen LogP contribution in [0.25, 0.3) is 0 Å². The van der Waals surface area contributed by atoms with Gasteiger partial charge >= 0.3 is 0 Å². The Hall–Kier alpha value is -0.490. The summed E-state index contributed by atoms with van der Waals surface area (Å²) in [5.41, 5.74) is 6.82. The van der Waals surface area contributed by atoms with Gasteiger partial charge in [-0.3, -0.25) is 0 Å². The van der Waals surface area contributed by atoms with Crippen LogP contribution in [0.4, 0.5) is 4.39 Å². The number of nitrogens with two attached hydrogens (primary N) is 1. The van der Waals surface area contributed by atoms with E-state index < -0.39 is 0 Å². The van der Waals surface area contributed by atoms with Crippen molar-refractivity contribution in [3.63, 3.8) is 0 Å². The van der Waals surface area contributed by atoms with E-state index >= 15 is 0 Å². The molecule has 2 N–H and O–H groups in total. The molecule has 3 nitrogen and oxygen atoms in total. The van der Waals surface area contributed by atoms with Gasteiger partial charge in [-0.2, -0.15) is 0 Å². The predicted octanol–water partition coefficient (Wildman–Crippen LogP) is 2.65. The van der Waals surface area contributed by atoms with Crippen molar-refractivity contribution in [3.8, 4) is 0 Å². The zero-order chi connectivity index (χ0) is 13.9. The van der Waals surface area contributed by atoms with Crippen LogP contribution >= 0.6 is 15.9 Å². The van der Waals surface area contributed by atoms with E-state index in [4.69, 9.17) is 15.2 Å². The smallest absolute Gasteiger partial charge is 0.123 e. The first-order valence-electron chi connectivity index (χ1n) is 6.40. The van der Waals surface area contributed by atoms with Gasteiger partial charge in [-0.25, -0.2) is 4.39 Å². The number of hydrogen-bond acceptors (Lipinski definition) is 3. The van der Waals surface area contributed by atoms with Crippen LogP contribution in [0.2, 0.25) is 0 Å². The molecule has 0 radical (unpaired) electrons. The number of halogens is 2. The molecule has 2 rings (SSSR count). The van der Waals surface area contributed by atoms with Gasteiger partial charge in [-0.15, -0.1) is 0 Å². The fraction of sp³-hybridized carbons (Fsp3) is 0.571. The van der Waals surface area contributed by atoms with E-state index in [1.54, 1.807) is 13.2 Å². The molecule has 1 atom stereocenters. The van der Waals surface area contributed by atoms with Gasteiger partial charge in [0.2, 0.25) is 0 Å². The molecule has 1 aliphatic rings. The van der Waals surface area contributed by atoms with Crippen molar-refractivity contribution in [1.82, 2.24) is 0 Å². The topological polar surface area (TPSA) is 44.5 Å². The van der Waals surface area contributed by atoms with Crippen LogP contribution in [-0.2, 0) is 15.9 Å². The Morgan fingerprint density at radius 1 is 1.47 bits per heavy atom. The van der Waals surface area contributed by atoms with E-state index in [1.807, 2.05) is 0 Å². The van der Waals surface area contributed by atoms with Crippen LogP contribution in [0.1, 0.15) is 18.4 Å². The monoisotopic (exact) mass is 331 g/mol. The standard InChI is InChI=1S/C14H19BrFNO2/c1-18-14(4-6-19-7-5-14)13(17)9-10-8-11(16)2-3-12(10)15/h2-3,8,13H,4-7,9,17H2,1H3. The number of methoxy groups -OCH3 is 1. The number of benzene rings is 1. The van der Waals surface area contributed by atoms with Crippen molar-refractivity contribution >= 4 is 15.9 Å². The minimum atomic E-state index is -0.371. The molecule has 0 amide bonds. The molecule has 1 aromatic rings. The highest BCUT2D eigenvalue weighted by Gasteiger charge is 2.38. The van der Waals surface area contributed by atoms with Crippen LogP contribution in [0.3, 0.4) is 0 Å². The molecule has 19 heavy (non-hydrogen) atoms. The van der Waals surface area contributed by atoms with Gasteiger partial charge in [-0.05, 0) is 30.2 Å². The lowest BCUT2D eigenvalue weighted by Gasteiger charge is -2.40. The summed E-state index contributed by atoms with van der Waals surface area (Å²) in [4.78, 5) is 0. The molecule has 0 spiro atoms. The molecule has 0 aliphatic carbocycles. The minimum Gasteiger partial charge on any atom is -0.381 e. The average Bonchev–Trinajstić information content (AvgIpc) is 2.43. The van der Waals surface area contributed by atoms with E-state index in [-0.39, 0.29) is 17.5 Å². The second-order valence-electron chi connectivity index (χ2n) is 4.93. The molecule has 0 bridgehead atoms. The van der Waals surface area contributed by atoms with Crippen molar-refractivity contribution in [2.75, 3.05) is 20.3 Å². The normalized spacial score (nSPS) is 20.2. The Kier molecular flexibility index (Phi) is 4.95. The predicted molar refractivity (Wildman–Crippen MR) is 75.6 cm³/mol. The van der Waals surface area contributed by atoms with Crippen molar-refractivity contribution in [2.24, 2.45) is 5.73 Å². The zero-order valence-electron chi connectivity index (χ0n) is 11.0. The largest absolute Gasteiger partial charge is 0.381 e. The number of rotatable bonds is 4. The van der Waals surface area contributed by atoms with Crippen LogP contribution in [-0.4, -0.2) is 32.0 Å². The quantitative estimate of drug-likeness (QED) is 0.922. The maximum atomic E-state index is 13.3. The SMILES string of the molecule is COC1(C(N)Cc2cc(F)ccc2Br)CCOCC1. The van der Waals surface area contributed by atoms with Crippen molar-refractivity contribution in [1.29, 1.82) is 0 Å². The van der Waals surface area contributed by atoms with Crippen molar-refractivity contribution < 1.29 is 13.9 Å². The highest BCUT2D eigenvalue weighted by Crippen LogP contribution is 2.30. The van der Waals surface area contributed by atoms with E-state index in [0.29, 0.717) is 19.6 Å². The van der Waals surface area contributed by atoms with Gasteiger partial charge in [0.25, 0.3) is 0 Å². The zero-order valence-corrected chi connectivity index (χ0v) is 12.6. The van der Waals surface area contributed by atoms with E-state index in [9.17, 15) is 4.39 Å². The summed E-state index contributed by atoms with van der Waals surface area (Å²) in [6.07, 6.45) is 2.13. The maximum absolute atomic E-state index is 13.3. The van der Waals surface area contributed by atoms with Gasteiger partial charge < -0.3 is 15.2 Å². The molecule has 5 heteroatoms. The molecule has 1 heterocycles. The maximum Gasteiger partial charge on any atom is 0.123 e. The van der Waals surface area contributed by atoms with Crippen LogP contribution < -0.4 is 5.73 Å². The fourth-order valence-electron chi connectivity index (χ4n) is 2.57. The van der Waals surface area contributed by atoms with Gasteiger partial charge in [0.05, 0.1) is 5.60 Å². The Morgan fingerprint density at radius 2 is 2.16 bits per heavy atom. The molecule has 1 saturated heterocycles. The van der Waals surface area contributed by atoms with Gasteiger partial charge in [0.15, 0.2) is 0 Å². The van der Waals surface area contributed by atoms with Crippen molar-refractivity contribution in [2.45, 2.75) is 30.9 Å². The first-order valence-corrected chi connectivity index (χ1v) is 7.19. The Balaban J connectivity index is 2.14. The van der Waals surface area contributed by atoms with Crippen LogP contribution in [0, 0.1) is 5.82 Å². The van der Waals surface area contributed by atoms with Gasteiger partial charge in [0, 0.05) is 43.7 Å². The summed E-state index contributed by atoms with van der Waals surface area (Å²) in [5.74, 6) is -0.246. The molecular weight excluding hydrogens is 313 g/mol. The minimum absolute atomic E-state index is 0.181. The molecule has 1 aliphatic heterocycles. The fourth-order valence-corrected chi connectivity index (χ4v) is 2.97. The summed E-state index contributed by atoms with van der Waals surface area (Å²) >= 11 is 3.43. The highest BCUT2D eigenvalue weighted by molar-refractivity contribution is 9.10. The second-order valence-corrected chi connectivity index (χ2v) is 5.78. The highest BCUT2D eigenvalue weighted by atomic mass is 79.9. The van der Waals surface area contributed by atoms with Crippen LogP contribution in [0.5, 0.6) is 0 Å². The second kappa shape index (κ2) is 6.31. The van der Waals surface area contributed by atoms with Gasteiger partial charge in [-0.1, -0.05) is 15.9 Å². The summed E-state index contributed by atoms with van der Waals surface area (Å²) in [6.45, 7) is 1.32. The first kappa shape index (κ1) is 14.9. The Labute approximate surface area is 121 Å². The molecule has 1 fully saturated rings. The first-order chi connectivity index (χ1) is 9.07.